The average molecular weight is 355 g/mol. The summed E-state index contributed by atoms with van der Waals surface area (Å²) in [5, 5.41) is 0. The molecule has 128 valence electrons. The highest BCUT2D eigenvalue weighted by atomic mass is 35.5. The molecule has 0 bridgehead atoms. The van der Waals surface area contributed by atoms with Crippen LogP contribution in [0.1, 0.15) is 26.7 Å². The molecule has 22 heavy (non-hydrogen) atoms. The van der Waals surface area contributed by atoms with Crippen LogP contribution in [0, 0.1) is 0 Å². The fourth-order valence-electron chi connectivity index (χ4n) is 2.02. The van der Waals surface area contributed by atoms with Crippen LogP contribution in [0.4, 0.5) is 0 Å². The lowest BCUT2D eigenvalue weighted by Crippen LogP contribution is -2.54. The summed E-state index contributed by atoms with van der Waals surface area (Å²) in [6, 6.07) is 0. The molecule has 1 rings (SSSR count). The number of hydrogen-bond donors (Lipinski definition) is 2. The number of rotatable bonds is 6. The molecule has 0 atom stereocenters. The molecule has 0 saturated heterocycles. The van der Waals surface area contributed by atoms with Crippen molar-refractivity contribution in [1.82, 2.24) is 13.9 Å². The average Bonchev–Trinajstić information content (AvgIpc) is 2.46. The smallest absolute Gasteiger partial charge is 0.329 e. The van der Waals surface area contributed by atoms with E-state index in [2.05, 4.69) is 4.72 Å². The molecule has 0 fully saturated rings. The van der Waals surface area contributed by atoms with Gasteiger partial charge in [-0.25, -0.2) is 17.9 Å². The topological polar surface area (TPSA) is 116 Å². The molecule has 0 aliphatic carbocycles. The molecule has 8 nitrogen and oxygen atoms in total. The summed E-state index contributed by atoms with van der Waals surface area (Å²) in [5.41, 5.74) is 3.42. The van der Waals surface area contributed by atoms with E-state index in [-0.39, 0.29) is 19.0 Å². The third-order valence-corrected chi connectivity index (χ3v) is 5.36. The largest absolute Gasteiger partial charge is 0.330 e. The fraction of sp³-hybridized carbons (Fsp3) is 0.667. The third kappa shape index (κ3) is 3.78. The van der Waals surface area contributed by atoms with Gasteiger partial charge in [0.15, 0.2) is 4.90 Å². The molecule has 0 unspecified atom stereocenters. The van der Waals surface area contributed by atoms with E-state index in [9.17, 15) is 18.0 Å². The number of aromatic nitrogens is 2. The third-order valence-electron chi connectivity index (χ3n) is 3.80. The SMILES string of the molecule is CCC(CC)(CN)NS(=O)(=O)c1cn(C)c(=O)n(C)c1=O.Cl. The van der Waals surface area contributed by atoms with Crippen molar-refractivity contribution < 1.29 is 8.42 Å². The van der Waals surface area contributed by atoms with Crippen LogP contribution in [0.25, 0.3) is 0 Å². The van der Waals surface area contributed by atoms with Gasteiger partial charge in [-0.15, -0.1) is 12.4 Å². The molecule has 0 amide bonds. The lowest BCUT2D eigenvalue weighted by Gasteiger charge is -2.30. The van der Waals surface area contributed by atoms with Crippen molar-refractivity contribution in [3.8, 4) is 0 Å². The normalized spacial score (nSPS) is 12.0. The van der Waals surface area contributed by atoms with Crippen molar-refractivity contribution in [2.45, 2.75) is 37.1 Å². The number of nitrogens with zero attached hydrogens (tertiary/aromatic N) is 2. The van der Waals surface area contributed by atoms with Gasteiger partial charge >= 0.3 is 5.69 Å². The molecule has 1 aromatic heterocycles. The Bertz CT molecular complexity index is 726. The zero-order valence-corrected chi connectivity index (χ0v) is 14.8. The Labute approximate surface area is 135 Å². The molecule has 0 spiro atoms. The minimum atomic E-state index is -4.07. The zero-order chi connectivity index (χ0) is 16.4. The predicted octanol–water partition coefficient (Wildman–Crippen LogP) is -0.698. The molecule has 0 saturated carbocycles. The fourth-order valence-corrected chi connectivity index (χ4v) is 3.74. The first kappa shape index (κ1) is 20.8. The molecule has 0 aromatic carbocycles. The second kappa shape index (κ2) is 7.40. The lowest BCUT2D eigenvalue weighted by molar-refractivity contribution is 0.362. The van der Waals surface area contributed by atoms with Crippen LogP contribution < -0.4 is 21.7 Å². The van der Waals surface area contributed by atoms with Gasteiger partial charge in [-0.1, -0.05) is 13.8 Å². The standard InChI is InChI=1S/C12H22N4O4S.ClH/c1-5-12(6-2,8-13)14-21(19,20)9-7-15(3)11(18)16(4)10(9)17;/h7,14H,5-6,8,13H2,1-4H3;1H. The van der Waals surface area contributed by atoms with E-state index in [0.29, 0.717) is 12.8 Å². The lowest BCUT2D eigenvalue weighted by atomic mass is 9.95. The van der Waals surface area contributed by atoms with Crippen molar-refractivity contribution >= 4 is 22.4 Å². The maximum atomic E-state index is 12.5. The van der Waals surface area contributed by atoms with Gasteiger partial charge < -0.3 is 10.3 Å². The zero-order valence-electron chi connectivity index (χ0n) is 13.1. The van der Waals surface area contributed by atoms with Crippen LogP contribution in [0.5, 0.6) is 0 Å². The minimum absolute atomic E-state index is 0. The van der Waals surface area contributed by atoms with Gasteiger partial charge in [-0.05, 0) is 12.8 Å². The molecule has 3 N–H and O–H groups in total. The van der Waals surface area contributed by atoms with Crippen molar-refractivity contribution in [2.75, 3.05) is 6.54 Å². The highest BCUT2D eigenvalue weighted by molar-refractivity contribution is 7.89. The van der Waals surface area contributed by atoms with Crippen molar-refractivity contribution in [2.24, 2.45) is 19.8 Å². The second-order valence-corrected chi connectivity index (χ2v) is 6.70. The molecule has 0 aliphatic rings. The highest BCUT2D eigenvalue weighted by Gasteiger charge is 2.32. The summed E-state index contributed by atoms with van der Waals surface area (Å²) in [6.07, 6.45) is 2.01. The first-order valence-electron chi connectivity index (χ1n) is 6.65. The summed E-state index contributed by atoms with van der Waals surface area (Å²) in [5.74, 6) is 0. The number of halogens is 1. The first-order chi connectivity index (χ1) is 9.64. The molecule has 1 aromatic rings. The van der Waals surface area contributed by atoms with E-state index in [1.807, 2.05) is 13.8 Å². The quantitative estimate of drug-likeness (QED) is 0.700. The number of aryl methyl sites for hydroxylation is 1. The van der Waals surface area contributed by atoms with Gasteiger partial charge in [0.2, 0.25) is 10.0 Å². The summed E-state index contributed by atoms with van der Waals surface area (Å²) in [4.78, 5) is 23.2. The maximum absolute atomic E-state index is 12.5. The van der Waals surface area contributed by atoms with Crippen LogP contribution in [-0.4, -0.2) is 29.6 Å². The second-order valence-electron chi connectivity index (χ2n) is 5.05. The predicted molar refractivity (Wildman–Crippen MR) is 86.9 cm³/mol. The molecule has 1 heterocycles. The van der Waals surface area contributed by atoms with E-state index in [0.717, 1.165) is 15.3 Å². The van der Waals surface area contributed by atoms with Crippen LogP contribution >= 0.6 is 12.4 Å². The van der Waals surface area contributed by atoms with E-state index >= 15 is 0 Å². The van der Waals surface area contributed by atoms with E-state index in [1.54, 1.807) is 0 Å². The Balaban J connectivity index is 0.00000441. The number of hydrogen-bond acceptors (Lipinski definition) is 5. The van der Waals surface area contributed by atoms with E-state index in [4.69, 9.17) is 5.73 Å². The molecule has 0 radical (unpaired) electrons. The van der Waals surface area contributed by atoms with Gasteiger partial charge in [0.25, 0.3) is 5.56 Å². The monoisotopic (exact) mass is 354 g/mol. The van der Waals surface area contributed by atoms with Crippen LogP contribution in [0.3, 0.4) is 0 Å². The summed E-state index contributed by atoms with van der Waals surface area (Å²) < 4.78 is 29.3. The van der Waals surface area contributed by atoms with Crippen molar-refractivity contribution in [1.29, 1.82) is 0 Å². The van der Waals surface area contributed by atoms with Gasteiger partial charge in [-0.2, -0.15) is 0 Å². The van der Waals surface area contributed by atoms with E-state index in [1.165, 1.54) is 14.1 Å². The summed E-state index contributed by atoms with van der Waals surface area (Å²) >= 11 is 0. The van der Waals surface area contributed by atoms with Crippen LogP contribution in [-0.2, 0) is 24.1 Å². The molecule has 10 heteroatoms. The van der Waals surface area contributed by atoms with Crippen LogP contribution in [0.2, 0.25) is 0 Å². The highest BCUT2D eigenvalue weighted by Crippen LogP contribution is 2.16. The van der Waals surface area contributed by atoms with Crippen molar-refractivity contribution in [3.05, 3.63) is 27.0 Å². The Kier molecular flexibility index (Phi) is 7.01. The number of nitrogens with two attached hydrogens (primary N) is 1. The first-order valence-corrected chi connectivity index (χ1v) is 8.13. The minimum Gasteiger partial charge on any atom is -0.329 e. The van der Waals surface area contributed by atoms with Gasteiger partial charge in [-0.3, -0.25) is 9.36 Å². The Hall–Kier alpha value is -1.16. The Morgan fingerprint density at radius 3 is 2.14 bits per heavy atom. The summed E-state index contributed by atoms with van der Waals surface area (Å²) in [7, 11) is -1.45. The van der Waals surface area contributed by atoms with E-state index < -0.39 is 31.7 Å². The van der Waals surface area contributed by atoms with Gasteiger partial charge in [0.1, 0.15) is 0 Å². The number of sulfonamides is 1. The summed E-state index contributed by atoms with van der Waals surface area (Å²) in [6.45, 7) is 3.75. The van der Waals surface area contributed by atoms with Gasteiger partial charge in [0.05, 0.1) is 0 Å². The molecular formula is C12H23ClN4O4S. The Morgan fingerprint density at radius 1 is 1.23 bits per heavy atom. The maximum Gasteiger partial charge on any atom is 0.330 e. The molecule has 0 aliphatic heterocycles. The van der Waals surface area contributed by atoms with Crippen molar-refractivity contribution in [3.63, 3.8) is 0 Å². The molecular weight excluding hydrogens is 332 g/mol. The van der Waals surface area contributed by atoms with Crippen LogP contribution in [0.15, 0.2) is 20.7 Å². The Morgan fingerprint density at radius 2 is 1.73 bits per heavy atom. The van der Waals surface area contributed by atoms with Gasteiger partial charge in [0, 0.05) is 32.4 Å². The number of nitrogens with one attached hydrogen (secondary N) is 1.